The molecule has 1 atom stereocenters. The lowest BCUT2D eigenvalue weighted by Crippen LogP contribution is -2.45. The minimum absolute atomic E-state index is 0.124. The van der Waals surface area contributed by atoms with Crippen molar-refractivity contribution in [3.63, 3.8) is 0 Å². The summed E-state index contributed by atoms with van der Waals surface area (Å²) in [6, 6.07) is 0.354. The monoisotopic (exact) mass is 214 g/mol. The van der Waals surface area contributed by atoms with E-state index in [0.29, 0.717) is 25.4 Å². The Labute approximate surface area is 89.2 Å². The van der Waals surface area contributed by atoms with Crippen molar-refractivity contribution in [2.45, 2.75) is 38.1 Å². The van der Waals surface area contributed by atoms with Gasteiger partial charge in [0.05, 0.1) is 0 Å². The fourth-order valence-corrected chi connectivity index (χ4v) is 1.61. The minimum atomic E-state index is -0.736. The van der Waals surface area contributed by atoms with Crippen molar-refractivity contribution in [3.8, 4) is 0 Å². The summed E-state index contributed by atoms with van der Waals surface area (Å²) in [5.41, 5.74) is 0. The molecule has 0 aromatic rings. The van der Waals surface area contributed by atoms with Gasteiger partial charge in [-0.2, -0.15) is 0 Å². The standard InChI is InChI=1S/C10H18N2O3/c13-9-5-4-8(7-12-9)11-6-2-1-3-10(14)15/h8,11H,1-7H2,(H,12,13)(H,14,15). The molecule has 5 heteroatoms. The molecule has 0 radical (unpaired) electrons. The first-order valence-electron chi connectivity index (χ1n) is 5.40. The Balaban J connectivity index is 1.96. The molecule has 86 valence electrons. The molecule has 1 amide bonds. The van der Waals surface area contributed by atoms with Gasteiger partial charge < -0.3 is 15.7 Å². The second-order valence-electron chi connectivity index (χ2n) is 3.84. The van der Waals surface area contributed by atoms with Gasteiger partial charge in [-0.15, -0.1) is 0 Å². The molecule has 0 aromatic carbocycles. The second-order valence-corrected chi connectivity index (χ2v) is 3.84. The Morgan fingerprint density at radius 3 is 2.93 bits per heavy atom. The third-order valence-electron chi connectivity index (χ3n) is 2.52. The molecule has 1 aliphatic heterocycles. The lowest BCUT2D eigenvalue weighted by Gasteiger charge is -2.23. The van der Waals surface area contributed by atoms with Crippen LogP contribution in [0.4, 0.5) is 0 Å². The molecule has 1 fully saturated rings. The average Bonchev–Trinajstić information content (AvgIpc) is 2.20. The zero-order valence-electron chi connectivity index (χ0n) is 8.79. The number of rotatable bonds is 6. The average molecular weight is 214 g/mol. The van der Waals surface area contributed by atoms with Crippen LogP contribution in [-0.4, -0.2) is 36.1 Å². The van der Waals surface area contributed by atoms with Crippen LogP contribution in [0.25, 0.3) is 0 Å². The van der Waals surface area contributed by atoms with Crippen molar-refractivity contribution in [1.29, 1.82) is 0 Å². The van der Waals surface area contributed by atoms with Crippen LogP contribution in [0, 0.1) is 0 Å². The predicted molar refractivity (Wildman–Crippen MR) is 55.5 cm³/mol. The van der Waals surface area contributed by atoms with Crippen LogP contribution < -0.4 is 10.6 Å². The van der Waals surface area contributed by atoms with Crippen LogP contribution in [0.1, 0.15) is 32.1 Å². The van der Waals surface area contributed by atoms with E-state index in [1.807, 2.05) is 0 Å². The Kier molecular flexibility index (Phi) is 5.10. The van der Waals surface area contributed by atoms with Crippen LogP contribution in [0.3, 0.4) is 0 Å². The number of aliphatic carboxylic acids is 1. The van der Waals surface area contributed by atoms with Crippen molar-refractivity contribution in [2.75, 3.05) is 13.1 Å². The number of carboxylic acid groups (broad SMARTS) is 1. The number of hydrogen-bond acceptors (Lipinski definition) is 3. The normalized spacial score (nSPS) is 21.1. The summed E-state index contributed by atoms with van der Waals surface area (Å²) in [5.74, 6) is -0.612. The maximum atomic E-state index is 10.9. The highest BCUT2D eigenvalue weighted by atomic mass is 16.4. The second kappa shape index (κ2) is 6.40. The molecule has 0 saturated carbocycles. The van der Waals surface area contributed by atoms with Gasteiger partial charge in [0.1, 0.15) is 0 Å². The van der Waals surface area contributed by atoms with E-state index in [9.17, 15) is 9.59 Å². The van der Waals surface area contributed by atoms with E-state index < -0.39 is 5.97 Å². The number of piperidine rings is 1. The Morgan fingerprint density at radius 2 is 2.33 bits per heavy atom. The maximum Gasteiger partial charge on any atom is 0.303 e. The zero-order chi connectivity index (χ0) is 11.1. The zero-order valence-corrected chi connectivity index (χ0v) is 8.79. The van der Waals surface area contributed by atoms with Gasteiger partial charge in [0.2, 0.25) is 5.91 Å². The van der Waals surface area contributed by atoms with Crippen LogP contribution in [0.2, 0.25) is 0 Å². The summed E-state index contributed by atoms with van der Waals surface area (Å²) >= 11 is 0. The van der Waals surface area contributed by atoms with E-state index in [1.165, 1.54) is 0 Å². The molecule has 0 bridgehead atoms. The molecule has 1 rings (SSSR count). The summed E-state index contributed by atoms with van der Waals surface area (Å²) < 4.78 is 0. The van der Waals surface area contributed by atoms with E-state index in [4.69, 9.17) is 5.11 Å². The van der Waals surface area contributed by atoms with Crippen LogP contribution >= 0.6 is 0 Å². The van der Waals surface area contributed by atoms with Gasteiger partial charge in [-0.05, 0) is 25.8 Å². The maximum absolute atomic E-state index is 10.9. The first-order chi connectivity index (χ1) is 7.18. The van der Waals surface area contributed by atoms with Crippen molar-refractivity contribution < 1.29 is 14.7 Å². The predicted octanol–water partition coefficient (Wildman–Crippen LogP) is 0.110. The van der Waals surface area contributed by atoms with Gasteiger partial charge in [0.25, 0.3) is 0 Å². The highest BCUT2D eigenvalue weighted by molar-refractivity contribution is 5.76. The number of carbonyl (C=O) groups excluding carboxylic acids is 1. The molecule has 0 aliphatic carbocycles. The van der Waals surface area contributed by atoms with Gasteiger partial charge in [-0.1, -0.05) is 0 Å². The molecule has 1 unspecified atom stereocenters. The third kappa shape index (κ3) is 5.37. The molecular weight excluding hydrogens is 196 g/mol. The highest BCUT2D eigenvalue weighted by Gasteiger charge is 2.16. The summed E-state index contributed by atoms with van der Waals surface area (Å²) in [7, 11) is 0. The van der Waals surface area contributed by atoms with E-state index in [0.717, 1.165) is 19.4 Å². The third-order valence-corrected chi connectivity index (χ3v) is 2.52. The fourth-order valence-electron chi connectivity index (χ4n) is 1.61. The number of nitrogens with one attached hydrogen (secondary N) is 2. The van der Waals surface area contributed by atoms with Crippen molar-refractivity contribution in [1.82, 2.24) is 10.6 Å². The SMILES string of the molecule is O=C(O)CCCCNC1CCC(=O)NC1. The Morgan fingerprint density at radius 1 is 1.53 bits per heavy atom. The first kappa shape index (κ1) is 12.0. The molecule has 0 aromatic heterocycles. The molecule has 1 saturated heterocycles. The molecule has 0 spiro atoms. The van der Waals surface area contributed by atoms with Gasteiger partial charge in [-0.25, -0.2) is 0 Å². The minimum Gasteiger partial charge on any atom is -0.481 e. The number of unbranched alkanes of at least 4 members (excludes halogenated alkanes) is 1. The van der Waals surface area contributed by atoms with Gasteiger partial charge in [0.15, 0.2) is 0 Å². The Bertz CT molecular complexity index is 221. The number of carbonyl (C=O) groups is 2. The number of amides is 1. The molecule has 1 aliphatic rings. The molecule has 15 heavy (non-hydrogen) atoms. The largest absolute Gasteiger partial charge is 0.481 e. The van der Waals surface area contributed by atoms with Crippen LogP contribution in [0.5, 0.6) is 0 Å². The lowest BCUT2D eigenvalue weighted by atomic mass is 10.1. The van der Waals surface area contributed by atoms with Crippen molar-refractivity contribution in [3.05, 3.63) is 0 Å². The van der Waals surface area contributed by atoms with Gasteiger partial charge in [-0.3, -0.25) is 9.59 Å². The molecule has 5 nitrogen and oxygen atoms in total. The van der Waals surface area contributed by atoms with E-state index >= 15 is 0 Å². The lowest BCUT2D eigenvalue weighted by molar-refractivity contribution is -0.137. The summed E-state index contributed by atoms with van der Waals surface area (Å²) in [5, 5.41) is 14.5. The Hall–Kier alpha value is -1.10. The van der Waals surface area contributed by atoms with E-state index in [1.54, 1.807) is 0 Å². The number of carboxylic acids is 1. The van der Waals surface area contributed by atoms with Gasteiger partial charge in [0, 0.05) is 25.4 Å². The molecular formula is C10H18N2O3. The smallest absolute Gasteiger partial charge is 0.303 e. The van der Waals surface area contributed by atoms with E-state index in [2.05, 4.69) is 10.6 Å². The molecule has 3 N–H and O–H groups in total. The summed E-state index contributed by atoms with van der Waals surface area (Å²) in [4.78, 5) is 21.1. The van der Waals surface area contributed by atoms with Gasteiger partial charge >= 0.3 is 5.97 Å². The number of hydrogen-bond donors (Lipinski definition) is 3. The summed E-state index contributed by atoms with van der Waals surface area (Å²) in [6.45, 7) is 1.52. The summed E-state index contributed by atoms with van der Waals surface area (Å²) in [6.07, 6.45) is 3.29. The van der Waals surface area contributed by atoms with E-state index in [-0.39, 0.29) is 12.3 Å². The molecule has 1 heterocycles. The quantitative estimate of drug-likeness (QED) is 0.548. The first-order valence-corrected chi connectivity index (χ1v) is 5.40. The van der Waals surface area contributed by atoms with Crippen LogP contribution in [0.15, 0.2) is 0 Å². The van der Waals surface area contributed by atoms with Crippen molar-refractivity contribution >= 4 is 11.9 Å². The van der Waals surface area contributed by atoms with Crippen molar-refractivity contribution in [2.24, 2.45) is 0 Å². The topological polar surface area (TPSA) is 78.4 Å². The van der Waals surface area contributed by atoms with Crippen LogP contribution in [-0.2, 0) is 9.59 Å². The highest BCUT2D eigenvalue weighted by Crippen LogP contribution is 2.03. The fraction of sp³-hybridized carbons (Fsp3) is 0.800.